The van der Waals surface area contributed by atoms with Gasteiger partial charge in [0.05, 0.1) is 11.3 Å². The molecular formula is C22H31N5O2. The number of hydrogen-bond donors (Lipinski definition) is 0. The van der Waals surface area contributed by atoms with E-state index in [4.69, 9.17) is 0 Å². The van der Waals surface area contributed by atoms with E-state index in [1.807, 2.05) is 55.8 Å². The van der Waals surface area contributed by atoms with Gasteiger partial charge < -0.3 is 9.80 Å². The molecule has 1 aliphatic heterocycles. The number of carbonyl (C=O) groups is 2. The van der Waals surface area contributed by atoms with Crippen molar-refractivity contribution in [2.24, 2.45) is 5.92 Å². The van der Waals surface area contributed by atoms with Gasteiger partial charge in [-0.25, -0.2) is 0 Å². The molecule has 7 heteroatoms. The Balaban J connectivity index is 1.79. The highest BCUT2D eigenvalue weighted by Gasteiger charge is 2.32. The van der Waals surface area contributed by atoms with E-state index in [1.165, 1.54) is 0 Å². The van der Waals surface area contributed by atoms with Crippen LogP contribution in [0.2, 0.25) is 0 Å². The first-order valence-electron chi connectivity index (χ1n) is 10.4. The Morgan fingerprint density at radius 2 is 2.14 bits per heavy atom. The molecule has 156 valence electrons. The van der Waals surface area contributed by atoms with Crippen LogP contribution in [0.25, 0.3) is 0 Å². The largest absolute Gasteiger partial charge is 0.336 e. The Bertz CT molecular complexity index is 846. The highest BCUT2D eigenvalue weighted by atomic mass is 16.2. The predicted octanol–water partition coefficient (Wildman–Crippen LogP) is 2.90. The lowest BCUT2D eigenvalue weighted by Crippen LogP contribution is -2.52. The monoisotopic (exact) mass is 397 g/mol. The molecule has 29 heavy (non-hydrogen) atoms. The smallest absolute Gasteiger partial charge is 0.257 e. The van der Waals surface area contributed by atoms with Crippen molar-refractivity contribution in [3.8, 4) is 0 Å². The number of aromatic nitrogens is 3. The number of rotatable bonds is 6. The third-order valence-corrected chi connectivity index (χ3v) is 5.48. The van der Waals surface area contributed by atoms with E-state index in [2.05, 4.69) is 10.1 Å². The van der Waals surface area contributed by atoms with Gasteiger partial charge in [-0.05, 0) is 38.3 Å². The van der Waals surface area contributed by atoms with E-state index in [0.29, 0.717) is 25.2 Å². The Morgan fingerprint density at radius 3 is 2.76 bits per heavy atom. The van der Waals surface area contributed by atoms with Crippen molar-refractivity contribution in [3.05, 3.63) is 47.5 Å². The Kier molecular flexibility index (Phi) is 6.67. The molecular weight excluding hydrogens is 366 g/mol. The molecule has 1 atom stereocenters. The molecule has 0 bridgehead atoms. The summed E-state index contributed by atoms with van der Waals surface area (Å²) in [5.74, 6) is 0.0242. The van der Waals surface area contributed by atoms with E-state index in [0.717, 1.165) is 30.6 Å². The fourth-order valence-corrected chi connectivity index (χ4v) is 3.86. The van der Waals surface area contributed by atoms with Gasteiger partial charge in [-0.1, -0.05) is 19.9 Å². The van der Waals surface area contributed by atoms with Gasteiger partial charge >= 0.3 is 0 Å². The predicted molar refractivity (Wildman–Crippen MR) is 111 cm³/mol. The minimum absolute atomic E-state index is 0.00401. The van der Waals surface area contributed by atoms with Gasteiger partial charge in [0.1, 0.15) is 0 Å². The van der Waals surface area contributed by atoms with E-state index in [1.54, 1.807) is 17.1 Å². The maximum atomic E-state index is 13.1. The summed E-state index contributed by atoms with van der Waals surface area (Å²) in [5.41, 5.74) is 2.41. The molecule has 2 aromatic heterocycles. The van der Waals surface area contributed by atoms with Crippen molar-refractivity contribution in [2.45, 2.75) is 59.7 Å². The zero-order valence-corrected chi connectivity index (χ0v) is 17.8. The summed E-state index contributed by atoms with van der Waals surface area (Å²) in [6.45, 7) is 10.2. The standard InChI is InChI=1S/C22H31N5O2/c1-5-26-15-20(17(4)24-26)22(29)25-11-7-9-19(14-25)27(21(28)16(2)3)13-18-8-6-10-23-12-18/h6,8,10,12,15-16,19H,5,7,9,11,13-14H2,1-4H3. The summed E-state index contributed by atoms with van der Waals surface area (Å²) in [6.07, 6.45) is 7.14. The van der Waals surface area contributed by atoms with E-state index < -0.39 is 0 Å². The molecule has 7 nitrogen and oxygen atoms in total. The second-order valence-electron chi connectivity index (χ2n) is 8.01. The molecule has 2 amide bonds. The molecule has 0 spiro atoms. The molecule has 3 heterocycles. The number of aryl methyl sites for hydroxylation is 2. The van der Waals surface area contributed by atoms with Gasteiger partial charge in [-0.15, -0.1) is 0 Å². The molecule has 1 aliphatic rings. The average Bonchev–Trinajstić information content (AvgIpc) is 3.12. The highest BCUT2D eigenvalue weighted by Crippen LogP contribution is 2.22. The van der Waals surface area contributed by atoms with Crippen LogP contribution in [0.15, 0.2) is 30.7 Å². The Morgan fingerprint density at radius 1 is 1.34 bits per heavy atom. The molecule has 1 saturated heterocycles. The molecule has 0 saturated carbocycles. The van der Waals surface area contributed by atoms with Gasteiger partial charge in [-0.3, -0.25) is 19.3 Å². The van der Waals surface area contributed by atoms with Crippen LogP contribution < -0.4 is 0 Å². The average molecular weight is 398 g/mol. The summed E-state index contributed by atoms with van der Waals surface area (Å²) in [6, 6.07) is 3.88. The zero-order valence-electron chi connectivity index (χ0n) is 17.8. The number of amides is 2. The minimum atomic E-state index is -0.0946. The quantitative estimate of drug-likeness (QED) is 0.751. The first kappa shape index (κ1) is 21.0. The first-order chi connectivity index (χ1) is 13.9. The molecule has 3 rings (SSSR count). The fraction of sp³-hybridized carbons (Fsp3) is 0.545. The number of pyridine rings is 1. The highest BCUT2D eigenvalue weighted by molar-refractivity contribution is 5.95. The number of nitrogens with zero attached hydrogens (tertiary/aromatic N) is 5. The molecule has 0 N–H and O–H groups in total. The molecule has 0 aromatic carbocycles. The van der Waals surface area contributed by atoms with Crippen LogP contribution in [-0.4, -0.2) is 55.5 Å². The number of piperidine rings is 1. The third-order valence-electron chi connectivity index (χ3n) is 5.48. The normalized spacial score (nSPS) is 16.9. The van der Waals surface area contributed by atoms with Crippen molar-refractivity contribution >= 4 is 11.8 Å². The third kappa shape index (κ3) is 4.83. The number of likely N-dealkylation sites (tertiary alicyclic amines) is 1. The van der Waals surface area contributed by atoms with Crippen molar-refractivity contribution in [1.82, 2.24) is 24.6 Å². The van der Waals surface area contributed by atoms with E-state index >= 15 is 0 Å². The van der Waals surface area contributed by atoms with Gasteiger partial charge in [0.15, 0.2) is 0 Å². The number of carbonyl (C=O) groups excluding carboxylic acids is 2. The van der Waals surface area contributed by atoms with Crippen LogP contribution in [0.4, 0.5) is 0 Å². The molecule has 1 unspecified atom stereocenters. The maximum absolute atomic E-state index is 13.1. The van der Waals surface area contributed by atoms with E-state index in [-0.39, 0.29) is 23.8 Å². The second-order valence-corrected chi connectivity index (χ2v) is 8.01. The first-order valence-corrected chi connectivity index (χ1v) is 10.4. The van der Waals surface area contributed by atoms with Crippen molar-refractivity contribution in [2.75, 3.05) is 13.1 Å². The lowest BCUT2D eigenvalue weighted by molar-refractivity contribution is -0.138. The maximum Gasteiger partial charge on any atom is 0.257 e. The SMILES string of the molecule is CCn1cc(C(=O)N2CCCC(N(Cc3cccnc3)C(=O)C(C)C)C2)c(C)n1. The van der Waals surface area contributed by atoms with Crippen LogP contribution in [-0.2, 0) is 17.9 Å². The van der Waals surface area contributed by atoms with Gasteiger partial charge in [0.2, 0.25) is 5.91 Å². The lowest BCUT2D eigenvalue weighted by atomic mass is 10.0. The molecule has 1 fully saturated rings. The van der Waals surface area contributed by atoms with Gasteiger partial charge in [0.25, 0.3) is 5.91 Å². The van der Waals surface area contributed by atoms with Crippen LogP contribution >= 0.6 is 0 Å². The summed E-state index contributed by atoms with van der Waals surface area (Å²) in [4.78, 5) is 34.1. The zero-order chi connectivity index (χ0) is 21.0. The topological polar surface area (TPSA) is 71.3 Å². The minimum Gasteiger partial charge on any atom is -0.336 e. The Hall–Kier alpha value is -2.70. The van der Waals surface area contributed by atoms with Gasteiger partial charge in [-0.2, -0.15) is 5.10 Å². The van der Waals surface area contributed by atoms with Crippen LogP contribution in [0.1, 0.15) is 55.2 Å². The summed E-state index contributed by atoms with van der Waals surface area (Å²) >= 11 is 0. The van der Waals surface area contributed by atoms with Crippen LogP contribution in [0, 0.1) is 12.8 Å². The van der Waals surface area contributed by atoms with Crippen LogP contribution in [0.5, 0.6) is 0 Å². The summed E-state index contributed by atoms with van der Waals surface area (Å²) < 4.78 is 1.79. The van der Waals surface area contributed by atoms with Crippen molar-refractivity contribution in [3.63, 3.8) is 0 Å². The summed E-state index contributed by atoms with van der Waals surface area (Å²) in [5, 5.41) is 4.40. The fourth-order valence-electron chi connectivity index (χ4n) is 3.86. The summed E-state index contributed by atoms with van der Waals surface area (Å²) in [7, 11) is 0. The van der Waals surface area contributed by atoms with Crippen molar-refractivity contribution in [1.29, 1.82) is 0 Å². The van der Waals surface area contributed by atoms with Crippen LogP contribution in [0.3, 0.4) is 0 Å². The Labute approximate surface area is 172 Å². The lowest BCUT2D eigenvalue weighted by Gasteiger charge is -2.40. The molecule has 0 aliphatic carbocycles. The van der Waals surface area contributed by atoms with E-state index in [9.17, 15) is 9.59 Å². The molecule has 2 aromatic rings. The van der Waals surface area contributed by atoms with Crippen molar-refractivity contribution < 1.29 is 9.59 Å². The second kappa shape index (κ2) is 9.20. The van der Waals surface area contributed by atoms with Gasteiger partial charge in [0, 0.05) is 56.7 Å². The number of hydrogen-bond acceptors (Lipinski definition) is 4. The molecule has 0 radical (unpaired) electrons.